The van der Waals surface area contributed by atoms with Crippen LogP contribution in [0.15, 0.2) is 35.4 Å². The van der Waals surface area contributed by atoms with Gasteiger partial charge in [0, 0.05) is 6.08 Å². The molecule has 0 saturated heterocycles. The maximum atomic E-state index is 10.4. The fraction of sp³-hybridized carbons (Fsp3) is 0. The lowest BCUT2D eigenvalue weighted by atomic mass is 10.2. The number of hydrogen-bond donors (Lipinski definition) is 2. The van der Waals surface area contributed by atoms with Crippen LogP contribution in [0.3, 0.4) is 0 Å². The maximum absolute atomic E-state index is 10.4. The summed E-state index contributed by atoms with van der Waals surface area (Å²) in [5.41, 5.74) is 3.45. The van der Waals surface area contributed by atoms with Gasteiger partial charge in [0.2, 0.25) is 5.71 Å². The van der Waals surface area contributed by atoms with E-state index in [1.807, 2.05) is 0 Å². The first-order valence-corrected chi connectivity index (χ1v) is 4.80. The van der Waals surface area contributed by atoms with E-state index >= 15 is 0 Å². The average Bonchev–Trinajstić information content (AvgIpc) is 2.38. The average molecular weight is 240 g/mol. The minimum atomic E-state index is -1.04. The van der Waals surface area contributed by atoms with E-state index in [-0.39, 0.29) is 5.71 Å². The lowest BCUT2D eigenvalue weighted by molar-refractivity contribution is -0.131. The summed E-state index contributed by atoms with van der Waals surface area (Å²) in [5, 5.41) is 29.0. The van der Waals surface area contributed by atoms with Gasteiger partial charge in [-0.15, -0.1) is 0 Å². The first-order valence-electron chi connectivity index (χ1n) is 4.80. The Bertz CT molecular complexity index is 575. The Morgan fingerprint density at radius 1 is 1.39 bits per heavy atom. The van der Waals surface area contributed by atoms with Crippen LogP contribution in [0.4, 0.5) is 5.69 Å². The number of carbonyl (C=O) groups is 1. The molecule has 0 amide bonds. The molecule has 2 N–H and O–H groups in total. The molecule has 88 valence electrons. The van der Waals surface area contributed by atoms with Crippen LogP contribution >= 0.6 is 0 Å². The summed E-state index contributed by atoms with van der Waals surface area (Å²) < 4.78 is 0. The number of hydrogen-bond acceptors (Lipinski definition) is 5. The van der Waals surface area contributed by atoms with Crippen LogP contribution in [0.25, 0.3) is 6.08 Å². The molecule has 0 saturated carbocycles. The molecule has 1 aromatic carbocycles. The van der Waals surface area contributed by atoms with Gasteiger partial charge >= 0.3 is 5.97 Å². The van der Waals surface area contributed by atoms with Gasteiger partial charge in [-0.05, 0) is 23.8 Å². The molecular weight excluding hydrogens is 232 g/mol. The number of aliphatic carboxylic acids is 1. The molecule has 0 aromatic heterocycles. The topological polar surface area (TPSA) is 109 Å². The van der Waals surface area contributed by atoms with Gasteiger partial charge in [-0.2, -0.15) is 15.6 Å². The van der Waals surface area contributed by atoms with Crippen molar-refractivity contribution < 1.29 is 9.90 Å². The molecule has 0 aliphatic carbocycles. The standard InChI is InChI=1S/C12H8N4O2/c13-7-11(8-14)16-15-10-3-1-2-9(6-10)4-5-12(17)18/h1-6,15H,(H,17,18). The normalized spacial score (nSPS) is 9.22. The Balaban J connectivity index is 2.84. The zero-order valence-electron chi connectivity index (χ0n) is 9.16. The van der Waals surface area contributed by atoms with Gasteiger partial charge in [0.05, 0.1) is 5.69 Å². The number of rotatable bonds is 4. The fourth-order valence-electron chi connectivity index (χ4n) is 1.07. The van der Waals surface area contributed by atoms with E-state index < -0.39 is 5.97 Å². The lowest BCUT2D eigenvalue weighted by Gasteiger charge is -2.00. The summed E-state index contributed by atoms with van der Waals surface area (Å²) in [7, 11) is 0. The molecule has 0 fully saturated rings. The number of carboxylic acid groups (broad SMARTS) is 1. The van der Waals surface area contributed by atoms with Crippen LogP contribution in [0.5, 0.6) is 0 Å². The van der Waals surface area contributed by atoms with Crippen molar-refractivity contribution in [2.45, 2.75) is 0 Å². The van der Waals surface area contributed by atoms with E-state index in [1.54, 1.807) is 36.4 Å². The lowest BCUT2D eigenvalue weighted by Crippen LogP contribution is -1.96. The highest BCUT2D eigenvalue weighted by molar-refractivity contribution is 6.10. The predicted octanol–water partition coefficient (Wildman–Crippen LogP) is 1.60. The molecule has 0 heterocycles. The summed E-state index contributed by atoms with van der Waals surface area (Å²) in [4.78, 5) is 10.4. The highest BCUT2D eigenvalue weighted by atomic mass is 16.4. The van der Waals surface area contributed by atoms with Crippen LogP contribution in [0.1, 0.15) is 5.56 Å². The van der Waals surface area contributed by atoms with E-state index in [9.17, 15) is 4.79 Å². The molecular formula is C12H8N4O2. The van der Waals surface area contributed by atoms with E-state index in [1.165, 1.54) is 6.08 Å². The van der Waals surface area contributed by atoms with Crippen molar-refractivity contribution in [2.24, 2.45) is 5.10 Å². The third-order valence-electron chi connectivity index (χ3n) is 1.81. The Hall–Kier alpha value is -3.12. The molecule has 0 atom stereocenters. The Morgan fingerprint density at radius 3 is 2.72 bits per heavy atom. The van der Waals surface area contributed by atoms with Crippen molar-refractivity contribution in [3.8, 4) is 12.1 Å². The van der Waals surface area contributed by atoms with Crippen molar-refractivity contribution in [2.75, 3.05) is 5.43 Å². The van der Waals surface area contributed by atoms with E-state index in [0.717, 1.165) is 6.08 Å². The molecule has 0 radical (unpaired) electrons. The molecule has 0 bridgehead atoms. The van der Waals surface area contributed by atoms with Crippen LogP contribution in [0, 0.1) is 22.7 Å². The fourth-order valence-corrected chi connectivity index (χ4v) is 1.07. The van der Waals surface area contributed by atoms with Crippen LogP contribution in [-0.2, 0) is 4.79 Å². The quantitative estimate of drug-likeness (QED) is 0.472. The molecule has 18 heavy (non-hydrogen) atoms. The van der Waals surface area contributed by atoms with Crippen LogP contribution in [0.2, 0.25) is 0 Å². The second-order valence-electron chi connectivity index (χ2n) is 3.09. The van der Waals surface area contributed by atoms with Crippen molar-refractivity contribution in [3.63, 3.8) is 0 Å². The number of anilines is 1. The number of nitriles is 2. The van der Waals surface area contributed by atoms with Crippen LogP contribution in [-0.4, -0.2) is 16.8 Å². The van der Waals surface area contributed by atoms with Gasteiger partial charge in [-0.1, -0.05) is 12.1 Å². The number of nitrogens with one attached hydrogen (secondary N) is 1. The van der Waals surface area contributed by atoms with Gasteiger partial charge < -0.3 is 5.11 Å². The van der Waals surface area contributed by atoms with Gasteiger partial charge in [0.1, 0.15) is 12.1 Å². The van der Waals surface area contributed by atoms with E-state index in [4.69, 9.17) is 15.6 Å². The highest BCUT2D eigenvalue weighted by Crippen LogP contribution is 2.11. The Kier molecular flexibility index (Phi) is 4.65. The Morgan fingerprint density at radius 2 is 2.11 bits per heavy atom. The first-order chi connectivity index (χ1) is 8.65. The van der Waals surface area contributed by atoms with E-state index in [2.05, 4.69) is 10.5 Å². The van der Waals surface area contributed by atoms with Gasteiger partial charge in [-0.25, -0.2) is 4.79 Å². The molecule has 6 nitrogen and oxygen atoms in total. The smallest absolute Gasteiger partial charge is 0.328 e. The van der Waals surface area contributed by atoms with Gasteiger partial charge in [-0.3, -0.25) is 5.43 Å². The van der Waals surface area contributed by atoms with Crippen molar-refractivity contribution in [3.05, 3.63) is 35.9 Å². The summed E-state index contributed by atoms with van der Waals surface area (Å²) in [6.45, 7) is 0. The number of hydrazone groups is 1. The summed E-state index contributed by atoms with van der Waals surface area (Å²) in [6, 6.07) is 9.94. The number of carboxylic acids is 1. The molecule has 0 aliphatic heterocycles. The highest BCUT2D eigenvalue weighted by Gasteiger charge is 1.95. The third kappa shape index (κ3) is 4.17. The Labute approximate surface area is 103 Å². The van der Waals surface area contributed by atoms with Gasteiger partial charge in [0.15, 0.2) is 0 Å². The third-order valence-corrected chi connectivity index (χ3v) is 1.81. The molecule has 0 aliphatic rings. The molecule has 1 rings (SSSR count). The zero-order valence-corrected chi connectivity index (χ0v) is 9.16. The molecule has 1 aromatic rings. The van der Waals surface area contributed by atoms with Crippen molar-refractivity contribution >= 4 is 23.4 Å². The second-order valence-corrected chi connectivity index (χ2v) is 3.09. The monoisotopic (exact) mass is 240 g/mol. The SMILES string of the molecule is N#CC(C#N)=NNc1cccc(C=CC(=O)O)c1. The summed E-state index contributed by atoms with van der Waals surface area (Å²) >= 11 is 0. The number of benzene rings is 1. The van der Waals surface area contributed by atoms with Crippen LogP contribution < -0.4 is 5.43 Å². The second kappa shape index (κ2) is 6.46. The summed E-state index contributed by atoms with van der Waals surface area (Å²) in [6.07, 6.45) is 2.44. The van der Waals surface area contributed by atoms with Crippen molar-refractivity contribution in [1.82, 2.24) is 0 Å². The molecule has 6 heteroatoms. The predicted molar refractivity (Wildman–Crippen MR) is 65.4 cm³/mol. The summed E-state index contributed by atoms with van der Waals surface area (Å²) in [5.74, 6) is -1.04. The first kappa shape index (κ1) is 12.9. The zero-order chi connectivity index (χ0) is 13.4. The minimum absolute atomic E-state index is 0.290. The molecule has 0 unspecified atom stereocenters. The number of nitrogens with zero attached hydrogens (tertiary/aromatic N) is 3. The van der Waals surface area contributed by atoms with Crippen molar-refractivity contribution in [1.29, 1.82) is 10.5 Å². The largest absolute Gasteiger partial charge is 0.478 e. The van der Waals surface area contributed by atoms with Gasteiger partial charge in [0.25, 0.3) is 0 Å². The van der Waals surface area contributed by atoms with E-state index in [0.29, 0.717) is 11.3 Å². The maximum Gasteiger partial charge on any atom is 0.328 e. The minimum Gasteiger partial charge on any atom is -0.478 e. The molecule has 0 spiro atoms.